The summed E-state index contributed by atoms with van der Waals surface area (Å²) in [7, 11) is 0. The zero-order chi connectivity index (χ0) is 15.9. The van der Waals surface area contributed by atoms with Crippen LogP contribution < -0.4 is 21.5 Å². The highest BCUT2D eigenvalue weighted by Gasteiger charge is 2.22. The molecule has 3 amide bonds. The van der Waals surface area contributed by atoms with Gasteiger partial charge in [0, 0.05) is 16.5 Å². The lowest BCUT2D eigenvalue weighted by atomic mass is 10.1. The van der Waals surface area contributed by atoms with Crippen LogP contribution in [-0.4, -0.2) is 23.5 Å². The number of carbonyl (C=O) groups is 2. The van der Waals surface area contributed by atoms with Crippen molar-refractivity contribution in [2.45, 2.75) is 6.42 Å². The smallest absolute Gasteiger partial charge is 0.317 e. The SMILES string of the molecule is NC(=O)Nc1[nH]c(-c2cc(Br)cc3c2OCC3)cc1C(N)=O. The lowest BCUT2D eigenvalue weighted by Crippen LogP contribution is -2.22. The average molecular weight is 365 g/mol. The summed E-state index contributed by atoms with van der Waals surface area (Å²) in [4.78, 5) is 25.5. The van der Waals surface area contributed by atoms with Gasteiger partial charge in [0.25, 0.3) is 5.91 Å². The summed E-state index contributed by atoms with van der Waals surface area (Å²) < 4.78 is 6.56. The van der Waals surface area contributed by atoms with Crippen molar-refractivity contribution >= 4 is 33.7 Å². The second kappa shape index (κ2) is 5.38. The molecule has 0 bridgehead atoms. The summed E-state index contributed by atoms with van der Waals surface area (Å²) in [5.41, 5.74) is 13.0. The lowest BCUT2D eigenvalue weighted by molar-refractivity contribution is 0.100. The summed E-state index contributed by atoms with van der Waals surface area (Å²) in [5, 5.41) is 2.36. The number of nitrogens with one attached hydrogen (secondary N) is 2. The molecule has 1 aromatic heterocycles. The number of aromatic nitrogens is 1. The highest BCUT2D eigenvalue weighted by Crippen LogP contribution is 2.40. The van der Waals surface area contributed by atoms with Crippen molar-refractivity contribution in [3.8, 4) is 17.0 Å². The first kappa shape index (κ1) is 14.5. The van der Waals surface area contributed by atoms with Gasteiger partial charge in [-0.05, 0) is 23.8 Å². The van der Waals surface area contributed by atoms with Crippen molar-refractivity contribution in [3.05, 3.63) is 33.8 Å². The first-order valence-corrected chi connectivity index (χ1v) is 7.30. The summed E-state index contributed by atoms with van der Waals surface area (Å²) in [5.74, 6) is 0.256. The van der Waals surface area contributed by atoms with Crippen LogP contribution in [0.3, 0.4) is 0 Å². The van der Waals surface area contributed by atoms with E-state index in [0.29, 0.717) is 12.3 Å². The van der Waals surface area contributed by atoms with Crippen LogP contribution >= 0.6 is 15.9 Å². The summed E-state index contributed by atoms with van der Waals surface area (Å²) in [6.07, 6.45) is 0.817. The lowest BCUT2D eigenvalue weighted by Gasteiger charge is -2.07. The van der Waals surface area contributed by atoms with Gasteiger partial charge in [-0.3, -0.25) is 10.1 Å². The molecular weight excluding hydrogens is 352 g/mol. The number of benzene rings is 1. The average Bonchev–Trinajstić information content (AvgIpc) is 3.03. The number of fused-ring (bicyclic) bond motifs is 1. The Labute approximate surface area is 134 Å². The maximum atomic E-state index is 11.5. The number of halogens is 1. The molecule has 0 radical (unpaired) electrons. The molecule has 1 aromatic carbocycles. The number of hydrogen-bond donors (Lipinski definition) is 4. The van der Waals surface area contributed by atoms with Gasteiger partial charge in [-0.2, -0.15) is 0 Å². The van der Waals surface area contributed by atoms with Gasteiger partial charge >= 0.3 is 6.03 Å². The molecule has 1 aliphatic rings. The quantitative estimate of drug-likeness (QED) is 0.665. The van der Waals surface area contributed by atoms with E-state index in [2.05, 4.69) is 26.2 Å². The number of anilines is 1. The van der Waals surface area contributed by atoms with E-state index in [1.807, 2.05) is 12.1 Å². The van der Waals surface area contributed by atoms with Crippen LogP contribution in [0.1, 0.15) is 15.9 Å². The van der Waals surface area contributed by atoms with Crippen molar-refractivity contribution in [3.63, 3.8) is 0 Å². The second-order valence-electron chi connectivity index (χ2n) is 4.87. The van der Waals surface area contributed by atoms with Crippen LogP contribution in [-0.2, 0) is 6.42 Å². The van der Waals surface area contributed by atoms with E-state index >= 15 is 0 Å². The minimum atomic E-state index is -0.786. The molecule has 0 saturated heterocycles. The van der Waals surface area contributed by atoms with Gasteiger partial charge < -0.3 is 21.2 Å². The third kappa shape index (κ3) is 2.52. The molecule has 1 aliphatic heterocycles. The van der Waals surface area contributed by atoms with Crippen LogP contribution in [0.25, 0.3) is 11.3 Å². The minimum absolute atomic E-state index is 0.153. The molecule has 0 saturated carbocycles. The first-order valence-electron chi connectivity index (χ1n) is 6.50. The Morgan fingerprint density at radius 3 is 2.73 bits per heavy atom. The molecular formula is C14H13BrN4O3. The standard InChI is InChI=1S/C14H13BrN4O3/c15-7-3-6-1-2-22-11(6)8(4-7)10-5-9(12(16)20)13(18-10)19-14(17)21/h3-5,18H,1-2H2,(H2,16,20)(H3,17,19,21). The molecule has 7 nitrogen and oxygen atoms in total. The number of hydrogen-bond acceptors (Lipinski definition) is 3. The molecule has 2 aromatic rings. The summed E-state index contributed by atoms with van der Waals surface area (Å²) >= 11 is 3.46. The number of ether oxygens (including phenoxy) is 1. The minimum Gasteiger partial charge on any atom is -0.492 e. The van der Waals surface area contributed by atoms with Gasteiger partial charge in [-0.25, -0.2) is 4.79 Å². The van der Waals surface area contributed by atoms with Crippen molar-refractivity contribution in [2.75, 3.05) is 11.9 Å². The van der Waals surface area contributed by atoms with Crippen LogP contribution in [0, 0.1) is 0 Å². The Morgan fingerprint density at radius 2 is 2.05 bits per heavy atom. The van der Waals surface area contributed by atoms with E-state index in [1.165, 1.54) is 0 Å². The molecule has 3 rings (SSSR count). The number of nitrogens with two attached hydrogens (primary N) is 2. The Hall–Kier alpha value is -2.48. The Balaban J connectivity index is 2.13. The zero-order valence-electron chi connectivity index (χ0n) is 11.4. The van der Waals surface area contributed by atoms with E-state index in [9.17, 15) is 9.59 Å². The maximum absolute atomic E-state index is 11.5. The maximum Gasteiger partial charge on any atom is 0.317 e. The van der Waals surface area contributed by atoms with Gasteiger partial charge in [-0.1, -0.05) is 15.9 Å². The highest BCUT2D eigenvalue weighted by atomic mass is 79.9. The molecule has 0 fully saturated rings. The zero-order valence-corrected chi connectivity index (χ0v) is 13.0. The number of aromatic amines is 1. The number of H-pyrrole nitrogens is 1. The number of amides is 3. The summed E-state index contributed by atoms with van der Waals surface area (Å²) in [6.45, 7) is 0.606. The van der Waals surface area contributed by atoms with E-state index in [4.69, 9.17) is 16.2 Å². The van der Waals surface area contributed by atoms with Crippen molar-refractivity contribution < 1.29 is 14.3 Å². The number of carbonyl (C=O) groups excluding carboxylic acids is 2. The highest BCUT2D eigenvalue weighted by molar-refractivity contribution is 9.10. The molecule has 114 valence electrons. The predicted octanol–water partition coefficient (Wildman–Crippen LogP) is 1.97. The molecule has 22 heavy (non-hydrogen) atoms. The fourth-order valence-corrected chi connectivity index (χ4v) is 2.99. The fraction of sp³-hybridized carbons (Fsp3) is 0.143. The largest absolute Gasteiger partial charge is 0.492 e. The molecule has 0 unspecified atom stereocenters. The molecule has 0 spiro atoms. The van der Waals surface area contributed by atoms with Crippen molar-refractivity contribution in [1.29, 1.82) is 0 Å². The van der Waals surface area contributed by atoms with Crippen LogP contribution in [0.15, 0.2) is 22.7 Å². The van der Waals surface area contributed by atoms with Gasteiger partial charge in [0.05, 0.1) is 17.9 Å². The van der Waals surface area contributed by atoms with E-state index in [1.54, 1.807) is 6.07 Å². The summed E-state index contributed by atoms with van der Waals surface area (Å²) in [6, 6.07) is 4.64. The second-order valence-corrected chi connectivity index (χ2v) is 5.78. The monoisotopic (exact) mass is 364 g/mol. The van der Waals surface area contributed by atoms with Crippen LogP contribution in [0.2, 0.25) is 0 Å². The molecule has 0 aliphatic carbocycles. The van der Waals surface area contributed by atoms with Crippen LogP contribution in [0.5, 0.6) is 5.75 Å². The Bertz CT molecular complexity index is 785. The predicted molar refractivity (Wildman–Crippen MR) is 84.9 cm³/mol. The molecule has 0 atom stereocenters. The molecule has 2 heterocycles. The van der Waals surface area contributed by atoms with Crippen molar-refractivity contribution in [1.82, 2.24) is 4.98 Å². The van der Waals surface area contributed by atoms with E-state index in [-0.39, 0.29) is 11.4 Å². The van der Waals surface area contributed by atoms with Gasteiger partial charge in [0.15, 0.2) is 0 Å². The van der Waals surface area contributed by atoms with Gasteiger partial charge in [0.2, 0.25) is 0 Å². The van der Waals surface area contributed by atoms with E-state index in [0.717, 1.165) is 27.8 Å². The number of rotatable bonds is 3. The first-order chi connectivity index (χ1) is 10.5. The number of primary amides is 2. The third-order valence-electron chi connectivity index (χ3n) is 3.37. The molecule has 8 heteroatoms. The van der Waals surface area contributed by atoms with Crippen molar-refractivity contribution in [2.24, 2.45) is 11.5 Å². The topological polar surface area (TPSA) is 123 Å². The van der Waals surface area contributed by atoms with Crippen LogP contribution in [0.4, 0.5) is 10.6 Å². The van der Waals surface area contributed by atoms with E-state index < -0.39 is 11.9 Å². The molecule has 6 N–H and O–H groups in total. The number of urea groups is 1. The Kier molecular flexibility index (Phi) is 3.53. The normalized spacial score (nSPS) is 12.6. The fourth-order valence-electron chi connectivity index (χ4n) is 2.49. The Morgan fingerprint density at radius 1 is 1.27 bits per heavy atom. The van der Waals surface area contributed by atoms with Gasteiger partial charge in [0.1, 0.15) is 11.6 Å². The third-order valence-corrected chi connectivity index (χ3v) is 3.83. The van der Waals surface area contributed by atoms with Gasteiger partial charge in [-0.15, -0.1) is 0 Å².